The van der Waals surface area contributed by atoms with Crippen molar-refractivity contribution in [1.29, 1.82) is 0 Å². The molecule has 0 aliphatic carbocycles. The minimum absolute atomic E-state index is 0.377. The van der Waals surface area contributed by atoms with Crippen molar-refractivity contribution in [3.8, 4) is 22.6 Å². The van der Waals surface area contributed by atoms with E-state index in [1.807, 2.05) is 60.7 Å². The van der Waals surface area contributed by atoms with E-state index in [9.17, 15) is 9.59 Å². The van der Waals surface area contributed by atoms with Gasteiger partial charge < -0.3 is 9.47 Å². The molecule has 1 atom stereocenters. The predicted molar refractivity (Wildman–Crippen MR) is 143 cm³/mol. The number of carbonyl (C=O) groups excluding carboxylic acids is 2. The Morgan fingerprint density at radius 3 is 2.11 bits per heavy atom. The molecular formula is C29H23BrN2O4. The lowest BCUT2D eigenvalue weighted by Gasteiger charge is -2.13. The third kappa shape index (κ3) is 6.67. The number of carbonyl (C=O) groups is 2. The van der Waals surface area contributed by atoms with E-state index in [0.29, 0.717) is 21.5 Å². The van der Waals surface area contributed by atoms with Gasteiger partial charge in [0.2, 0.25) is 0 Å². The van der Waals surface area contributed by atoms with Gasteiger partial charge in [0.25, 0.3) is 5.91 Å². The second-order valence-corrected chi connectivity index (χ2v) is 8.68. The summed E-state index contributed by atoms with van der Waals surface area (Å²) < 4.78 is 11.8. The average molecular weight is 543 g/mol. The molecule has 0 heterocycles. The van der Waals surface area contributed by atoms with Gasteiger partial charge in [-0.2, -0.15) is 5.10 Å². The average Bonchev–Trinajstić information content (AvgIpc) is 2.90. The van der Waals surface area contributed by atoms with Crippen LogP contribution in [0.3, 0.4) is 0 Å². The number of rotatable bonds is 8. The van der Waals surface area contributed by atoms with E-state index in [1.165, 1.54) is 6.21 Å². The summed E-state index contributed by atoms with van der Waals surface area (Å²) >= 11 is 3.34. The van der Waals surface area contributed by atoms with Crippen molar-refractivity contribution in [3.63, 3.8) is 0 Å². The second kappa shape index (κ2) is 12.0. The van der Waals surface area contributed by atoms with Crippen LogP contribution in [-0.4, -0.2) is 24.2 Å². The van der Waals surface area contributed by atoms with Gasteiger partial charge in [0.1, 0.15) is 11.5 Å². The van der Waals surface area contributed by atoms with Crippen LogP contribution >= 0.6 is 15.9 Å². The lowest BCUT2D eigenvalue weighted by atomic mass is 10.1. The minimum atomic E-state index is -0.733. The molecule has 0 saturated heterocycles. The fourth-order valence-electron chi connectivity index (χ4n) is 3.29. The van der Waals surface area contributed by atoms with Gasteiger partial charge in [-0.15, -0.1) is 0 Å². The zero-order valence-electron chi connectivity index (χ0n) is 19.4. The van der Waals surface area contributed by atoms with Gasteiger partial charge in [-0.05, 0) is 88.1 Å². The first-order chi connectivity index (χ1) is 17.5. The fraction of sp³-hybridized carbons (Fsp3) is 0.0690. The molecule has 0 saturated carbocycles. The molecule has 7 heteroatoms. The summed E-state index contributed by atoms with van der Waals surface area (Å²) in [6.07, 6.45) is 0.766. The molecule has 0 radical (unpaired) electrons. The molecule has 4 rings (SSSR count). The molecule has 0 spiro atoms. The van der Waals surface area contributed by atoms with Crippen LogP contribution in [0.15, 0.2) is 113 Å². The number of benzene rings is 4. The molecule has 4 aromatic rings. The number of halogens is 1. The van der Waals surface area contributed by atoms with Crippen LogP contribution in [0.5, 0.6) is 11.5 Å². The number of ether oxygens (including phenoxy) is 2. The number of esters is 1. The number of hydrogen-bond donors (Lipinski definition) is 1. The summed E-state index contributed by atoms with van der Waals surface area (Å²) in [4.78, 5) is 24.7. The van der Waals surface area contributed by atoms with E-state index in [-0.39, 0.29) is 5.91 Å². The molecule has 0 fully saturated rings. The highest BCUT2D eigenvalue weighted by atomic mass is 79.9. The van der Waals surface area contributed by atoms with Crippen LogP contribution in [0.25, 0.3) is 11.1 Å². The van der Waals surface area contributed by atoms with Crippen molar-refractivity contribution < 1.29 is 19.1 Å². The molecule has 0 unspecified atom stereocenters. The van der Waals surface area contributed by atoms with Crippen molar-refractivity contribution in [2.75, 3.05) is 0 Å². The van der Waals surface area contributed by atoms with Crippen LogP contribution in [0.4, 0.5) is 0 Å². The topological polar surface area (TPSA) is 77.0 Å². The summed E-state index contributed by atoms with van der Waals surface area (Å²) in [7, 11) is 0. The van der Waals surface area contributed by atoms with E-state index in [2.05, 4.69) is 26.5 Å². The first kappa shape index (κ1) is 24.9. The highest BCUT2D eigenvalue weighted by Gasteiger charge is 2.14. The van der Waals surface area contributed by atoms with Crippen LogP contribution in [0, 0.1) is 0 Å². The second-order valence-electron chi connectivity index (χ2n) is 7.82. The third-order valence-electron chi connectivity index (χ3n) is 5.22. The molecule has 36 heavy (non-hydrogen) atoms. The highest BCUT2D eigenvalue weighted by Crippen LogP contribution is 2.23. The van der Waals surface area contributed by atoms with Gasteiger partial charge in [0, 0.05) is 4.47 Å². The monoisotopic (exact) mass is 542 g/mol. The van der Waals surface area contributed by atoms with Crippen molar-refractivity contribution in [2.24, 2.45) is 5.10 Å². The highest BCUT2D eigenvalue weighted by molar-refractivity contribution is 9.10. The lowest BCUT2D eigenvalue weighted by Crippen LogP contribution is -2.33. The normalized spacial score (nSPS) is 11.6. The standard InChI is InChI=1S/C29H23BrN2O4/c1-20(35-24-17-13-23(14-18-24)22-7-3-2-4-8-22)28(33)32-31-19-21-11-15-25(16-12-21)36-29(34)26-9-5-6-10-27(26)30/h2-20H,1H3,(H,32,33)/b31-19-/t20-/m0/s1. The zero-order valence-corrected chi connectivity index (χ0v) is 21.0. The predicted octanol–water partition coefficient (Wildman–Crippen LogP) is 6.25. The van der Waals surface area contributed by atoms with E-state index < -0.39 is 12.1 Å². The number of hydrazone groups is 1. The lowest BCUT2D eigenvalue weighted by molar-refractivity contribution is -0.127. The Morgan fingerprint density at radius 2 is 1.42 bits per heavy atom. The molecule has 1 amide bonds. The molecule has 0 aliphatic heterocycles. The summed E-state index contributed by atoms with van der Waals surface area (Å²) in [6.45, 7) is 1.66. The van der Waals surface area contributed by atoms with E-state index in [4.69, 9.17) is 9.47 Å². The SMILES string of the molecule is C[C@H](Oc1ccc(-c2ccccc2)cc1)C(=O)N/N=C\c1ccc(OC(=O)c2ccccc2Br)cc1. The summed E-state index contributed by atoms with van der Waals surface area (Å²) in [5.41, 5.74) is 5.82. The van der Waals surface area contributed by atoms with E-state index in [0.717, 1.165) is 16.7 Å². The zero-order chi connectivity index (χ0) is 25.3. The Balaban J connectivity index is 1.26. The van der Waals surface area contributed by atoms with Gasteiger partial charge in [0.15, 0.2) is 6.10 Å². The van der Waals surface area contributed by atoms with Crippen LogP contribution < -0.4 is 14.9 Å². The van der Waals surface area contributed by atoms with E-state index in [1.54, 1.807) is 49.4 Å². The Kier molecular flexibility index (Phi) is 8.26. The smallest absolute Gasteiger partial charge is 0.344 e. The first-order valence-corrected chi connectivity index (χ1v) is 12.0. The number of hydrogen-bond acceptors (Lipinski definition) is 5. The Morgan fingerprint density at radius 1 is 0.806 bits per heavy atom. The maximum absolute atomic E-state index is 12.4. The molecule has 1 N–H and O–H groups in total. The van der Waals surface area contributed by atoms with E-state index >= 15 is 0 Å². The molecule has 6 nitrogen and oxygen atoms in total. The number of nitrogens with zero attached hydrogens (tertiary/aromatic N) is 1. The van der Waals surface area contributed by atoms with Crippen molar-refractivity contribution in [3.05, 3.63) is 119 Å². The van der Waals surface area contributed by atoms with Crippen molar-refractivity contribution in [2.45, 2.75) is 13.0 Å². The van der Waals surface area contributed by atoms with Gasteiger partial charge >= 0.3 is 5.97 Å². The molecule has 180 valence electrons. The van der Waals surface area contributed by atoms with Crippen molar-refractivity contribution >= 4 is 34.0 Å². The minimum Gasteiger partial charge on any atom is -0.481 e. The molecule has 0 bridgehead atoms. The fourth-order valence-corrected chi connectivity index (χ4v) is 3.73. The molecule has 0 aliphatic rings. The number of nitrogens with one attached hydrogen (secondary N) is 1. The molecule has 4 aromatic carbocycles. The van der Waals surface area contributed by atoms with Crippen LogP contribution in [0.2, 0.25) is 0 Å². The largest absolute Gasteiger partial charge is 0.481 e. The van der Waals surface area contributed by atoms with Crippen LogP contribution in [0.1, 0.15) is 22.8 Å². The summed E-state index contributed by atoms with van der Waals surface area (Å²) in [5.74, 6) is 0.156. The van der Waals surface area contributed by atoms with Gasteiger partial charge in [0.05, 0.1) is 11.8 Å². The molecular weight excluding hydrogens is 520 g/mol. The third-order valence-corrected chi connectivity index (χ3v) is 5.91. The van der Waals surface area contributed by atoms with Gasteiger partial charge in [-0.3, -0.25) is 4.79 Å². The maximum atomic E-state index is 12.4. The Hall–Kier alpha value is -4.23. The van der Waals surface area contributed by atoms with Crippen LogP contribution in [-0.2, 0) is 4.79 Å². The summed E-state index contributed by atoms with van der Waals surface area (Å²) in [6, 6.07) is 31.4. The first-order valence-electron chi connectivity index (χ1n) is 11.2. The maximum Gasteiger partial charge on any atom is 0.344 e. The van der Waals surface area contributed by atoms with Crippen molar-refractivity contribution in [1.82, 2.24) is 5.43 Å². The van der Waals surface area contributed by atoms with Gasteiger partial charge in [-0.1, -0.05) is 54.6 Å². The Labute approximate surface area is 217 Å². The Bertz CT molecular complexity index is 1350. The van der Waals surface area contributed by atoms with Gasteiger partial charge in [-0.25, -0.2) is 10.2 Å². The quantitative estimate of drug-likeness (QED) is 0.123. The number of amides is 1. The summed E-state index contributed by atoms with van der Waals surface area (Å²) in [5, 5.41) is 3.99. The molecule has 0 aromatic heterocycles.